The summed E-state index contributed by atoms with van der Waals surface area (Å²) in [7, 11) is 0. The molecule has 0 N–H and O–H groups in total. The second-order valence-corrected chi connectivity index (χ2v) is 9.74. The second-order valence-electron chi connectivity index (χ2n) is 8.03. The summed E-state index contributed by atoms with van der Waals surface area (Å²) in [5.74, 6) is 0.426. The van der Waals surface area contributed by atoms with Crippen molar-refractivity contribution in [2.75, 3.05) is 0 Å². The number of hydrogen-bond acceptors (Lipinski definition) is 1. The van der Waals surface area contributed by atoms with Crippen LogP contribution in [0, 0.1) is 16.7 Å². The maximum Gasteiger partial charge on any atom is 0.141 e. The lowest BCUT2D eigenvalue weighted by molar-refractivity contribution is -0.131. The van der Waals surface area contributed by atoms with E-state index >= 15 is 0 Å². The van der Waals surface area contributed by atoms with Gasteiger partial charge in [0.15, 0.2) is 0 Å². The van der Waals surface area contributed by atoms with Gasteiger partial charge >= 0.3 is 0 Å². The van der Waals surface area contributed by atoms with Crippen molar-refractivity contribution in [3.63, 3.8) is 0 Å². The molecule has 0 amide bonds. The molecule has 0 radical (unpaired) electrons. The summed E-state index contributed by atoms with van der Waals surface area (Å²) in [4.78, 5) is 12.8. The first-order chi connectivity index (χ1) is 9.40. The molecule has 1 unspecified atom stereocenters. The minimum absolute atomic E-state index is 0.0677. The van der Waals surface area contributed by atoms with Crippen molar-refractivity contribution in [3.8, 4) is 0 Å². The molecule has 0 aliphatic carbocycles. The van der Waals surface area contributed by atoms with E-state index in [4.69, 9.17) is 0 Å². The topological polar surface area (TPSA) is 17.1 Å². The van der Waals surface area contributed by atoms with E-state index in [1.165, 1.54) is 5.56 Å². The summed E-state index contributed by atoms with van der Waals surface area (Å²) >= 11 is 7.03. The molecule has 1 nitrogen and oxygen atoms in total. The van der Waals surface area contributed by atoms with Crippen LogP contribution in [0.15, 0.2) is 27.1 Å². The number of carbonyl (C=O) groups is 1. The summed E-state index contributed by atoms with van der Waals surface area (Å²) < 4.78 is 2.08. The molecule has 0 saturated carbocycles. The first-order valence-electron chi connectivity index (χ1n) is 7.38. The molecule has 0 bridgehead atoms. The number of rotatable bonds is 4. The molecule has 1 aromatic carbocycles. The van der Waals surface area contributed by atoms with Crippen LogP contribution in [0.3, 0.4) is 0 Å². The Balaban J connectivity index is 3.01. The number of hydrogen-bond donors (Lipinski definition) is 0. The van der Waals surface area contributed by atoms with Gasteiger partial charge in [-0.2, -0.15) is 0 Å². The van der Waals surface area contributed by atoms with Crippen molar-refractivity contribution in [1.82, 2.24) is 0 Å². The molecule has 0 aliphatic rings. The zero-order valence-electron chi connectivity index (χ0n) is 13.9. The molecule has 0 spiro atoms. The maximum absolute atomic E-state index is 12.8. The predicted molar refractivity (Wildman–Crippen MR) is 97.6 cm³/mol. The largest absolute Gasteiger partial charge is 0.299 e. The summed E-state index contributed by atoms with van der Waals surface area (Å²) in [6.45, 7) is 12.7. The Bertz CT molecular complexity index is 507. The summed E-state index contributed by atoms with van der Waals surface area (Å²) in [6, 6.07) is 6.24. The van der Waals surface area contributed by atoms with Gasteiger partial charge in [-0.25, -0.2) is 0 Å². The predicted octanol–water partition coefficient (Wildman–Crippen LogP) is 6.42. The lowest BCUT2D eigenvalue weighted by Crippen LogP contribution is -2.32. The molecule has 118 valence electrons. The van der Waals surface area contributed by atoms with E-state index in [0.29, 0.717) is 5.78 Å². The average Bonchev–Trinajstić information content (AvgIpc) is 2.29. The summed E-state index contributed by atoms with van der Waals surface area (Å²) in [6.07, 6.45) is 1.72. The molecule has 0 saturated heterocycles. The minimum Gasteiger partial charge on any atom is -0.299 e. The summed E-state index contributed by atoms with van der Waals surface area (Å²) in [5, 5.41) is 0. The van der Waals surface area contributed by atoms with Crippen LogP contribution < -0.4 is 0 Å². The smallest absolute Gasteiger partial charge is 0.141 e. The first kappa shape index (κ1) is 18.9. The molecule has 0 aliphatic heterocycles. The van der Waals surface area contributed by atoms with Gasteiger partial charge in [-0.1, -0.05) is 47.6 Å². The Morgan fingerprint density at radius 1 is 1.05 bits per heavy atom. The van der Waals surface area contributed by atoms with Gasteiger partial charge in [-0.3, -0.25) is 4.79 Å². The number of Topliss-reactive ketones (excluding diaryl/α,β-unsaturated/α-hetero) is 1. The maximum atomic E-state index is 12.8. The van der Waals surface area contributed by atoms with Crippen molar-refractivity contribution < 1.29 is 4.79 Å². The van der Waals surface area contributed by atoms with E-state index in [1.54, 1.807) is 0 Å². The molecule has 1 atom stereocenters. The van der Waals surface area contributed by atoms with Gasteiger partial charge in [-0.05, 0) is 67.8 Å². The van der Waals surface area contributed by atoms with Gasteiger partial charge < -0.3 is 0 Å². The number of benzene rings is 1. The van der Waals surface area contributed by atoms with Gasteiger partial charge in [0.2, 0.25) is 0 Å². The molecule has 0 aromatic heterocycles. The van der Waals surface area contributed by atoms with Gasteiger partial charge in [0.1, 0.15) is 5.78 Å². The van der Waals surface area contributed by atoms with E-state index in [0.717, 1.165) is 21.8 Å². The van der Waals surface area contributed by atoms with Crippen molar-refractivity contribution in [3.05, 3.63) is 32.7 Å². The molecule has 0 heterocycles. The lowest BCUT2D eigenvalue weighted by Gasteiger charge is -2.30. The highest BCUT2D eigenvalue weighted by Crippen LogP contribution is 2.33. The first-order valence-corrected chi connectivity index (χ1v) is 8.97. The number of carbonyl (C=O) groups excluding carboxylic acids is 1. The van der Waals surface area contributed by atoms with Crippen LogP contribution in [-0.4, -0.2) is 5.78 Å². The van der Waals surface area contributed by atoms with E-state index in [9.17, 15) is 4.79 Å². The molecular formula is C18H26Br2O. The van der Waals surface area contributed by atoms with Crippen LogP contribution in [0.5, 0.6) is 0 Å². The molecule has 1 aromatic rings. The molecule has 0 fully saturated rings. The third-order valence-corrected chi connectivity index (χ3v) is 5.31. The molecular weight excluding hydrogens is 392 g/mol. The Morgan fingerprint density at radius 3 is 2.05 bits per heavy atom. The Kier molecular flexibility index (Phi) is 6.26. The fraction of sp³-hybridized carbons (Fsp3) is 0.611. The average molecular weight is 418 g/mol. The van der Waals surface area contributed by atoms with Gasteiger partial charge in [0.25, 0.3) is 0 Å². The van der Waals surface area contributed by atoms with Gasteiger partial charge in [0, 0.05) is 20.3 Å². The number of halogens is 2. The highest BCUT2D eigenvalue weighted by molar-refractivity contribution is 9.13. The van der Waals surface area contributed by atoms with Crippen LogP contribution >= 0.6 is 31.9 Å². The van der Waals surface area contributed by atoms with Crippen molar-refractivity contribution in [2.45, 2.75) is 54.4 Å². The van der Waals surface area contributed by atoms with Gasteiger partial charge in [-0.15, -0.1) is 0 Å². The lowest BCUT2D eigenvalue weighted by atomic mass is 9.73. The highest BCUT2D eigenvalue weighted by atomic mass is 79.9. The third-order valence-electron chi connectivity index (χ3n) is 3.43. The normalized spacial score (nSPS) is 14.1. The Labute approximate surface area is 146 Å². The quantitative estimate of drug-likeness (QED) is 0.552. The third kappa shape index (κ3) is 6.23. The molecule has 1 rings (SSSR count). The summed E-state index contributed by atoms with van der Waals surface area (Å²) in [5.41, 5.74) is 1.07. The van der Waals surface area contributed by atoms with Crippen molar-refractivity contribution in [1.29, 1.82) is 0 Å². The fourth-order valence-corrected chi connectivity index (χ4v) is 3.23. The standard InChI is InChI=1S/C18H26Br2O/c1-17(2,3)11-13(16(21)18(4,5)6)9-12-7-8-14(19)15(20)10-12/h7-8,10,13H,9,11H2,1-6H3. The van der Waals surface area contributed by atoms with Gasteiger partial charge in [0.05, 0.1) is 0 Å². The number of ketones is 1. The van der Waals surface area contributed by atoms with Crippen LogP contribution in [0.25, 0.3) is 0 Å². The van der Waals surface area contributed by atoms with E-state index in [2.05, 4.69) is 64.8 Å². The molecule has 3 heteroatoms. The Hall–Kier alpha value is -0.150. The van der Waals surface area contributed by atoms with E-state index in [-0.39, 0.29) is 16.7 Å². The highest BCUT2D eigenvalue weighted by Gasteiger charge is 2.32. The zero-order valence-corrected chi connectivity index (χ0v) is 17.1. The van der Waals surface area contributed by atoms with Crippen LogP contribution in [0.2, 0.25) is 0 Å². The fourth-order valence-electron chi connectivity index (χ4n) is 2.56. The Morgan fingerprint density at radius 2 is 1.62 bits per heavy atom. The van der Waals surface area contributed by atoms with E-state index < -0.39 is 0 Å². The van der Waals surface area contributed by atoms with Crippen LogP contribution in [-0.2, 0) is 11.2 Å². The van der Waals surface area contributed by atoms with Crippen LogP contribution in [0.4, 0.5) is 0 Å². The molecule has 21 heavy (non-hydrogen) atoms. The van der Waals surface area contributed by atoms with E-state index in [1.807, 2.05) is 26.8 Å². The van der Waals surface area contributed by atoms with Crippen molar-refractivity contribution in [2.24, 2.45) is 16.7 Å². The monoisotopic (exact) mass is 416 g/mol. The second kappa shape index (κ2) is 6.95. The minimum atomic E-state index is -0.289. The zero-order chi connectivity index (χ0) is 16.4. The van der Waals surface area contributed by atoms with Crippen molar-refractivity contribution >= 4 is 37.6 Å². The van der Waals surface area contributed by atoms with Crippen LogP contribution in [0.1, 0.15) is 53.5 Å². The SMILES string of the molecule is CC(C)(C)CC(Cc1ccc(Br)c(Br)c1)C(=O)C(C)(C)C.